The average molecular weight is 330 g/mol. The van der Waals surface area contributed by atoms with E-state index in [1.165, 1.54) is 0 Å². The summed E-state index contributed by atoms with van der Waals surface area (Å²) in [5.74, 6) is 6.74. The first-order valence-electron chi connectivity index (χ1n) is 7.46. The van der Waals surface area contributed by atoms with Gasteiger partial charge in [0.2, 0.25) is 5.88 Å². The number of nitrogens with two attached hydrogens (primary N) is 1. The molecule has 3 aromatic rings. The highest BCUT2D eigenvalue weighted by atomic mass is 16.5. The van der Waals surface area contributed by atoms with Gasteiger partial charge < -0.3 is 14.9 Å². The number of ether oxygens (including phenoxy) is 1. The Morgan fingerprint density at radius 2 is 2.20 bits per heavy atom. The molecule has 0 spiro atoms. The summed E-state index contributed by atoms with van der Waals surface area (Å²) >= 11 is 0. The Balaban J connectivity index is 2.03. The molecule has 122 valence electrons. The minimum absolute atomic E-state index is 0.156. The van der Waals surface area contributed by atoms with E-state index in [9.17, 15) is 5.26 Å². The van der Waals surface area contributed by atoms with Crippen molar-refractivity contribution < 1.29 is 9.15 Å². The summed E-state index contributed by atoms with van der Waals surface area (Å²) in [7, 11) is 0. The largest absolute Gasteiger partial charge is 0.464 e. The van der Waals surface area contributed by atoms with E-state index in [2.05, 4.69) is 21.8 Å². The third-order valence-corrected chi connectivity index (χ3v) is 3.44. The second-order valence-electron chi connectivity index (χ2n) is 5.01. The molecular formula is C19H14N4O2. The van der Waals surface area contributed by atoms with Crippen LogP contribution in [-0.4, -0.2) is 16.6 Å². The fourth-order valence-electron chi connectivity index (χ4n) is 2.25. The second-order valence-corrected chi connectivity index (χ2v) is 5.01. The molecule has 0 amide bonds. The SMILES string of the molecule is CC#CCOc1ccc(-c2cc(C#N)c(N)nc2-c2ccco2)cn1. The molecule has 6 heteroatoms. The number of pyridine rings is 2. The smallest absolute Gasteiger partial charge is 0.214 e. The molecule has 25 heavy (non-hydrogen) atoms. The summed E-state index contributed by atoms with van der Waals surface area (Å²) in [5, 5.41) is 9.23. The first-order chi connectivity index (χ1) is 12.2. The Morgan fingerprint density at radius 1 is 1.32 bits per heavy atom. The zero-order chi connectivity index (χ0) is 17.6. The van der Waals surface area contributed by atoms with Gasteiger partial charge in [0.1, 0.15) is 17.6 Å². The first-order valence-corrected chi connectivity index (χ1v) is 7.46. The lowest BCUT2D eigenvalue weighted by molar-refractivity contribution is 0.355. The van der Waals surface area contributed by atoms with Crippen LogP contribution in [0.25, 0.3) is 22.6 Å². The summed E-state index contributed by atoms with van der Waals surface area (Å²) in [6.45, 7) is 2.03. The van der Waals surface area contributed by atoms with Crippen LogP contribution in [0.3, 0.4) is 0 Å². The number of anilines is 1. The van der Waals surface area contributed by atoms with Crippen molar-refractivity contribution in [3.8, 4) is 46.4 Å². The van der Waals surface area contributed by atoms with Gasteiger partial charge in [-0.15, -0.1) is 5.92 Å². The van der Waals surface area contributed by atoms with Crippen molar-refractivity contribution in [2.24, 2.45) is 0 Å². The number of aromatic nitrogens is 2. The summed E-state index contributed by atoms with van der Waals surface area (Å²) < 4.78 is 10.9. The van der Waals surface area contributed by atoms with Gasteiger partial charge in [0.05, 0.1) is 11.8 Å². The highest BCUT2D eigenvalue weighted by molar-refractivity contribution is 5.81. The fraction of sp³-hybridized carbons (Fsp3) is 0.105. The quantitative estimate of drug-likeness (QED) is 0.737. The number of nitrogens with zero attached hydrogens (tertiary/aromatic N) is 3. The molecule has 3 heterocycles. The Kier molecular flexibility index (Phi) is 4.64. The van der Waals surface area contributed by atoms with E-state index in [0.29, 0.717) is 28.5 Å². The molecule has 0 unspecified atom stereocenters. The minimum atomic E-state index is 0.156. The average Bonchev–Trinajstić information content (AvgIpc) is 3.17. The predicted octanol–water partition coefficient (Wildman–Crippen LogP) is 3.26. The monoisotopic (exact) mass is 330 g/mol. The maximum atomic E-state index is 9.23. The summed E-state index contributed by atoms with van der Waals surface area (Å²) in [6, 6.07) is 10.8. The van der Waals surface area contributed by atoms with Gasteiger partial charge in [0.15, 0.2) is 12.4 Å². The highest BCUT2D eigenvalue weighted by Gasteiger charge is 2.16. The van der Waals surface area contributed by atoms with Crippen LogP contribution in [0.15, 0.2) is 47.2 Å². The lowest BCUT2D eigenvalue weighted by Gasteiger charge is -2.10. The van der Waals surface area contributed by atoms with E-state index in [0.717, 1.165) is 5.56 Å². The highest BCUT2D eigenvalue weighted by Crippen LogP contribution is 2.33. The molecule has 0 bridgehead atoms. The molecule has 2 N–H and O–H groups in total. The number of hydrogen-bond donors (Lipinski definition) is 1. The van der Waals surface area contributed by atoms with Crippen LogP contribution in [0.1, 0.15) is 12.5 Å². The number of furan rings is 1. The van der Waals surface area contributed by atoms with E-state index in [1.807, 2.05) is 12.1 Å². The van der Waals surface area contributed by atoms with E-state index in [1.54, 1.807) is 43.6 Å². The zero-order valence-electron chi connectivity index (χ0n) is 13.5. The van der Waals surface area contributed by atoms with Crippen LogP contribution in [0.4, 0.5) is 5.82 Å². The van der Waals surface area contributed by atoms with Gasteiger partial charge in [-0.1, -0.05) is 5.92 Å². The van der Waals surface area contributed by atoms with Gasteiger partial charge in [0, 0.05) is 23.4 Å². The molecule has 0 radical (unpaired) electrons. The van der Waals surface area contributed by atoms with Crippen LogP contribution in [0.5, 0.6) is 5.88 Å². The molecule has 0 atom stereocenters. The van der Waals surface area contributed by atoms with Crippen molar-refractivity contribution in [1.82, 2.24) is 9.97 Å². The molecule has 0 aromatic carbocycles. The summed E-state index contributed by atoms with van der Waals surface area (Å²) in [4.78, 5) is 8.59. The molecule has 0 aliphatic carbocycles. The Bertz CT molecular complexity index is 975. The van der Waals surface area contributed by atoms with Crippen LogP contribution >= 0.6 is 0 Å². The van der Waals surface area contributed by atoms with Gasteiger partial charge in [-0.3, -0.25) is 0 Å². The summed E-state index contributed by atoms with van der Waals surface area (Å²) in [5.41, 5.74) is 8.17. The molecule has 6 nitrogen and oxygen atoms in total. The van der Waals surface area contributed by atoms with Gasteiger partial charge in [0.25, 0.3) is 0 Å². The van der Waals surface area contributed by atoms with Crippen molar-refractivity contribution in [2.45, 2.75) is 6.92 Å². The Hall–Kier alpha value is -3.77. The van der Waals surface area contributed by atoms with E-state index in [-0.39, 0.29) is 12.4 Å². The fourth-order valence-corrected chi connectivity index (χ4v) is 2.25. The molecule has 0 aliphatic rings. The number of hydrogen-bond acceptors (Lipinski definition) is 6. The van der Waals surface area contributed by atoms with Crippen LogP contribution in [0.2, 0.25) is 0 Å². The maximum absolute atomic E-state index is 9.23. The number of nitriles is 1. The lowest BCUT2D eigenvalue weighted by Crippen LogP contribution is -2.00. The van der Waals surface area contributed by atoms with Crippen molar-refractivity contribution in [2.75, 3.05) is 12.3 Å². The number of nitrogen functional groups attached to an aromatic ring is 1. The third kappa shape index (κ3) is 3.44. The molecule has 3 aromatic heterocycles. The van der Waals surface area contributed by atoms with Gasteiger partial charge in [-0.05, 0) is 31.2 Å². The van der Waals surface area contributed by atoms with E-state index < -0.39 is 0 Å². The predicted molar refractivity (Wildman–Crippen MR) is 93.2 cm³/mol. The first kappa shape index (κ1) is 16.1. The topological polar surface area (TPSA) is 98.0 Å². The molecule has 0 saturated heterocycles. The molecule has 0 aliphatic heterocycles. The summed E-state index contributed by atoms with van der Waals surface area (Å²) in [6.07, 6.45) is 3.20. The van der Waals surface area contributed by atoms with Crippen molar-refractivity contribution in [3.05, 3.63) is 48.4 Å². The van der Waals surface area contributed by atoms with Crippen LogP contribution < -0.4 is 10.5 Å². The van der Waals surface area contributed by atoms with Crippen molar-refractivity contribution in [3.63, 3.8) is 0 Å². The second kappa shape index (κ2) is 7.20. The number of rotatable bonds is 4. The molecular weight excluding hydrogens is 316 g/mol. The van der Waals surface area contributed by atoms with Crippen molar-refractivity contribution >= 4 is 5.82 Å². The molecule has 3 rings (SSSR count). The van der Waals surface area contributed by atoms with Gasteiger partial charge in [-0.2, -0.15) is 5.26 Å². The van der Waals surface area contributed by atoms with Gasteiger partial charge in [-0.25, -0.2) is 9.97 Å². The maximum Gasteiger partial charge on any atom is 0.214 e. The van der Waals surface area contributed by atoms with E-state index in [4.69, 9.17) is 14.9 Å². The normalized spacial score (nSPS) is 9.76. The Labute approximate surface area is 144 Å². The standard InChI is InChI=1S/C19H14N4O2/c1-2-3-8-25-17-7-6-13(12-22-17)15-10-14(11-20)19(21)23-18(15)16-5-4-9-24-16/h4-7,9-10,12H,8H2,1H3,(H2,21,23). The lowest BCUT2D eigenvalue weighted by atomic mass is 10.0. The van der Waals surface area contributed by atoms with Gasteiger partial charge >= 0.3 is 0 Å². The molecule has 0 fully saturated rings. The zero-order valence-corrected chi connectivity index (χ0v) is 13.5. The van der Waals surface area contributed by atoms with Crippen LogP contribution in [-0.2, 0) is 0 Å². The minimum Gasteiger partial charge on any atom is -0.464 e. The van der Waals surface area contributed by atoms with Crippen molar-refractivity contribution in [1.29, 1.82) is 5.26 Å². The third-order valence-electron chi connectivity index (χ3n) is 3.44. The Morgan fingerprint density at radius 3 is 2.84 bits per heavy atom. The van der Waals surface area contributed by atoms with Crippen LogP contribution in [0, 0.1) is 23.2 Å². The van der Waals surface area contributed by atoms with E-state index >= 15 is 0 Å². The molecule has 0 saturated carbocycles.